The number of hydrogen-bond donors (Lipinski definition) is 4. The fraction of sp³-hybridized carbons (Fsp3) is 0.300. The van der Waals surface area contributed by atoms with Gasteiger partial charge >= 0.3 is 11.6 Å². The fourth-order valence-electron chi connectivity index (χ4n) is 3.29. The second-order valence-corrected chi connectivity index (χ2v) is 8.92. The largest absolute Gasteiger partial charge is 0.475 e. The lowest BCUT2D eigenvalue weighted by Crippen LogP contribution is -2.61. The van der Waals surface area contributed by atoms with Crippen molar-refractivity contribution in [2.45, 2.75) is 36.9 Å². The van der Waals surface area contributed by atoms with E-state index in [1.54, 1.807) is 36.4 Å². The van der Waals surface area contributed by atoms with Gasteiger partial charge in [0.05, 0.1) is 9.82 Å². The van der Waals surface area contributed by atoms with Crippen molar-refractivity contribution in [3.05, 3.63) is 75.8 Å². The Morgan fingerprint density at radius 1 is 1.22 bits per heavy atom. The minimum Gasteiger partial charge on any atom is -0.475 e. The third-order valence-electron chi connectivity index (χ3n) is 4.91. The van der Waals surface area contributed by atoms with Crippen molar-refractivity contribution in [1.29, 1.82) is 5.41 Å². The molecule has 0 amide bonds. The summed E-state index contributed by atoms with van der Waals surface area (Å²) in [5, 5.41) is 31.8. The van der Waals surface area contributed by atoms with Crippen LogP contribution in [0.4, 0.5) is 0 Å². The molecule has 172 valence electrons. The van der Waals surface area contributed by atoms with Crippen LogP contribution in [0.15, 0.2) is 59.5 Å². The van der Waals surface area contributed by atoms with E-state index in [1.807, 2.05) is 0 Å². The van der Waals surface area contributed by atoms with Crippen molar-refractivity contribution in [1.82, 2.24) is 9.62 Å². The molecule has 0 radical (unpaired) electrons. The van der Waals surface area contributed by atoms with Crippen LogP contribution >= 0.6 is 0 Å². The van der Waals surface area contributed by atoms with Gasteiger partial charge in [-0.2, -0.15) is 0 Å². The van der Waals surface area contributed by atoms with E-state index >= 15 is 0 Å². The van der Waals surface area contributed by atoms with Gasteiger partial charge in [0.2, 0.25) is 10.0 Å². The average molecular weight is 464 g/mol. The maximum absolute atomic E-state index is 13.6. The van der Waals surface area contributed by atoms with Crippen LogP contribution in [-0.2, 0) is 21.4 Å². The number of carboxylic acid groups (broad SMARTS) is 1. The highest BCUT2D eigenvalue weighted by Gasteiger charge is 2.61. The van der Waals surface area contributed by atoms with Gasteiger partial charge in [-0.1, -0.05) is 48.5 Å². The molecule has 2 aromatic carbocycles. The second-order valence-electron chi connectivity index (χ2n) is 7.09. The van der Waals surface area contributed by atoms with Crippen molar-refractivity contribution in [2.24, 2.45) is 5.73 Å². The Balaban J connectivity index is 2.66. The minimum absolute atomic E-state index is 0.0399. The Bertz CT molecular complexity index is 1080. The van der Waals surface area contributed by atoms with Crippen LogP contribution in [0.25, 0.3) is 0 Å². The lowest BCUT2D eigenvalue weighted by atomic mass is 10.0. The third-order valence-corrected chi connectivity index (χ3v) is 6.93. The van der Waals surface area contributed by atoms with E-state index in [0.29, 0.717) is 15.4 Å². The molecule has 0 heterocycles. The highest BCUT2D eigenvalue weighted by Crippen LogP contribution is 2.33. The van der Waals surface area contributed by atoms with E-state index in [2.05, 4.69) is 5.32 Å². The quantitative estimate of drug-likeness (QED) is 0.0966. The van der Waals surface area contributed by atoms with Crippen LogP contribution in [0, 0.1) is 22.4 Å². The van der Waals surface area contributed by atoms with Gasteiger partial charge in [-0.05, 0) is 30.5 Å². The van der Waals surface area contributed by atoms with E-state index in [4.69, 9.17) is 11.1 Å². The van der Waals surface area contributed by atoms with Gasteiger partial charge in [-0.25, -0.2) is 13.2 Å². The van der Waals surface area contributed by atoms with Crippen LogP contribution < -0.4 is 11.1 Å². The molecule has 11 nitrogen and oxygen atoms in total. The number of hydrogen-bond acceptors (Lipinski definition) is 6. The molecule has 32 heavy (non-hydrogen) atoms. The number of nitrogens with zero attached hydrogens (tertiary/aromatic N) is 2. The van der Waals surface area contributed by atoms with Crippen molar-refractivity contribution in [3.63, 3.8) is 0 Å². The molecular formula is C20H25N5O6S. The summed E-state index contributed by atoms with van der Waals surface area (Å²) in [4.78, 5) is 23.3. The standard InChI is InChI=1S/C20H25N5O6S/c1-15-8-5-6-11-17(15)32(30,31)24(14-16-9-3-2-4-10-16)20(18(26)27,25(28)29)12-7-13-23-19(21)22/h2-6,8-11H,7,12-14H2,1H3,(H,26,27)(H4,21,22,23)/t20-/m1/s1. The molecule has 2 aromatic rings. The molecule has 2 rings (SSSR count). The number of nitro groups is 1. The summed E-state index contributed by atoms with van der Waals surface area (Å²) in [6.45, 7) is 0.964. The van der Waals surface area contributed by atoms with Crippen molar-refractivity contribution in [2.75, 3.05) is 6.54 Å². The Kier molecular flexibility index (Phi) is 7.89. The van der Waals surface area contributed by atoms with Gasteiger partial charge in [-0.3, -0.25) is 15.5 Å². The van der Waals surface area contributed by atoms with Crippen LogP contribution in [0.1, 0.15) is 24.0 Å². The lowest BCUT2D eigenvalue weighted by Gasteiger charge is -2.33. The number of nitrogens with two attached hydrogens (primary N) is 1. The zero-order valence-corrected chi connectivity index (χ0v) is 18.2. The number of nitrogens with one attached hydrogen (secondary N) is 2. The number of benzene rings is 2. The molecular weight excluding hydrogens is 438 g/mol. The van der Waals surface area contributed by atoms with Crippen LogP contribution in [-0.4, -0.2) is 46.9 Å². The summed E-state index contributed by atoms with van der Waals surface area (Å²) in [6.07, 6.45) is -0.769. The first-order chi connectivity index (χ1) is 15.0. The van der Waals surface area contributed by atoms with Gasteiger partial charge in [0, 0.05) is 19.5 Å². The summed E-state index contributed by atoms with van der Waals surface area (Å²) in [7, 11) is -4.61. The van der Waals surface area contributed by atoms with Gasteiger partial charge < -0.3 is 16.2 Å². The summed E-state index contributed by atoms with van der Waals surface area (Å²) in [5.41, 5.74) is 2.94. The Morgan fingerprint density at radius 2 is 1.81 bits per heavy atom. The van der Waals surface area contributed by atoms with E-state index in [9.17, 15) is 28.4 Å². The van der Waals surface area contributed by atoms with Crippen molar-refractivity contribution in [3.8, 4) is 0 Å². The minimum atomic E-state index is -4.61. The third kappa shape index (κ3) is 5.21. The molecule has 1 atom stereocenters. The van der Waals surface area contributed by atoms with Gasteiger partial charge in [-0.15, -0.1) is 4.31 Å². The molecule has 0 aliphatic heterocycles. The predicted octanol–water partition coefficient (Wildman–Crippen LogP) is 1.51. The number of sulfonamides is 1. The molecule has 0 fully saturated rings. The van der Waals surface area contributed by atoms with E-state index in [-0.39, 0.29) is 23.8 Å². The number of guanidine groups is 1. The SMILES string of the molecule is Cc1ccccc1S(=O)(=O)N(Cc1ccccc1)[C@@](CCCNC(=N)N)(C(=O)O)[N+](=O)[O-]. The second kappa shape index (κ2) is 10.2. The van der Waals surface area contributed by atoms with E-state index < -0.39 is 39.5 Å². The van der Waals surface area contributed by atoms with Crippen LogP contribution in [0.3, 0.4) is 0 Å². The number of carbonyl (C=O) groups is 1. The summed E-state index contributed by atoms with van der Waals surface area (Å²) in [5.74, 6) is -2.29. The number of rotatable bonds is 11. The topological polar surface area (TPSA) is 180 Å². The summed E-state index contributed by atoms with van der Waals surface area (Å²) >= 11 is 0. The van der Waals surface area contributed by atoms with E-state index in [0.717, 1.165) is 0 Å². The van der Waals surface area contributed by atoms with Gasteiger partial charge in [0.1, 0.15) is 0 Å². The van der Waals surface area contributed by atoms with Crippen molar-refractivity contribution < 1.29 is 23.2 Å². The number of aryl methyl sites for hydroxylation is 1. The Hall–Kier alpha value is -3.51. The molecule has 0 aliphatic rings. The molecule has 5 N–H and O–H groups in total. The molecule has 0 unspecified atom stereocenters. The number of carboxylic acids is 1. The molecule has 0 spiro atoms. The highest BCUT2D eigenvalue weighted by molar-refractivity contribution is 7.89. The molecule has 0 aromatic heterocycles. The zero-order valence-electron chi connectivity index (χ0n) is 17.4. The van der Waals surface area contributed by atoms with E-state index in [1.165, 1.54) is 25.1 Å². The lowest BCUT2D eigenvalue weighted by molar-refractivity contribution is -0.579. The molecule has 0 saturated carbocycles. The summed E-state index contributed by atoms with van der Waals surface area (Å²) < 4.78 is 27.7. The maximum atomic E-state index is 13.6. The molecule has 0 bridgehead atoms. The summed E-state index contributed by atoms with van der Waals surface area (Å²) in [6, 6.07) is 13.9. The zero-order chi connectivity index (χ0) is 23.9. The first kappa shape index (κ1) is 24.8. The average Bonchev–Trinajstić information content (AvgIpc) is 2.73. The molecule has 0 aliphatic carbocycles. The Morgan fingerprint density at radius 3 is 2.34 bits per heavy atom. The van der Waals surface area contributed by atoms with Crippen molar-refractivity contribution >= 4 is 22.0 Å². The highest BCUT2D eigenvalue weighted by atomic mass is 32.2. The van der Waals surface area contributed by atoms with Crippen LogP contribution in [0.5, 0.6) is 0 Å². The predicted molar refractivity (Wildman–Crippen MR) is 117 cm³/mol. The molecule has 0 saturated heterocycles. The van der Waals surface area contributed by atoms with Gasteiger partial charge in [0.25, 0.3) is 0 Å². The smallest absolute Gasteiger partial charge is 0.400 e. The number of aliphatic carboxylic acids is 1. The Labute approximate surface area is 185 Å². The first-order valence-corrected chi connectivity index (χ1v) is 11.1. The fourth-order valence-corrected chi connectivity index (χ4v) is 5.20. The maximum Gasteiger partial charge on any atom is 0.400 e. The van der Waals surface area contributed by atoms with Gasteiger partial charge in [0.15, 0.2) is 5.96 Å². The van der Waals surface area contributed by atoms with Crippen LogP contribution in [0.2, 0.25) is 0 Å². The normalized spacial score (nSPS) is 13.3. The monoisotopic (exact) mass is 463 g/mol. The first-order valence-electron chi connectivity index (χ1n) is 9.61. The molecule has 12 heteroatoms.